The molecule has 5 rings (SSSR count). The van der Waals surface area contributed by atoms with Crippen molar-refractivity contribution in [2.24, 2.45) is 0 Å². The van der Waals surface area contributed by atoms with Gasteiger partial charge in [-0.15, -0.1) is 11.8 Å². The van der Waals surface area contributed by atoms with Crippen molar-refractivity contribution < 1.29 is 4.79 Å². The molecule has 1 aliphatic carbocycles. The molecule has 3 aromatic carbocycles. The van der Waals surface area contributed by atoms with Gasteiger partial charge in [0, 0.05) is 29.1 Å². The second-order valence-electron chi connectivity index (χ2n) is 9.86. The van der Waals surface area contributed by atoms with Gasteiger partial charge in [-0.3, -0.25) is 4.90 Å². The van der Waals surface area contributed by atoms with Crippen LogP contribution in [0, 0.1) is 13.8 Å². The van der Waals surface area contributed by atoms with Crippen molar-refractivity contribution in [1.82, 2.24) is 5.32 Å². The van der Waals surface area contributed by atoms with Crippen molar-refractivity contribution in [3.63, 3.8) is 0 Å². The molecule has 0 aromatic heterocycles. The van der Waals surface area contributed by atoms with E-state index in [2.05, 4.69) is 86.8 Å². The summed E-state index contributed by atoms with van der Waals surface area (Å²) in [5.74, 6) is 1.07. The highest BCUT2D eigenvalue weighted by Gasteiger charge is 2.46. The van der Waals surface area contributed by atoms with Crippen molar-refractivity contribution in [2.45, 2.75) is 63.3 Å². The molecule has 0 saturated heterocycles. The predicted octanol–water partition coefficient (Wildman–Crippen LogP) is 7.62. The lowest BCUT2D eigenvalue weighted by atomic mass is 9.79. The minimum atomic E-state index is 0.0105. The number of urea groups is 1. The molecule has 1 N–H and O–H groups in total. The molecule has 3 nitrogen and oxygen atoms in total. The lowest BCUT2D eigenvalue weighted by Gasteiger charge is -2.25. The maximum atomic E-state index is 13.3. The fraction of sp³-hybridized carbons (Fsp3) is 0.367. The number of thioether (sulfide) groups is 1. The average molecular weight is 471 g/mol. The zero-order chi connectivity index (χ0) is 23.7. The molecule has 3 aromatic rings. The fourth-order valence-corrected chi connectivity index (χ4v) is 6.44. The van der Waals surface area contributed by atoms with Crippen LogP contribution >= 0.6 is 11.8 Å². The third-order valence-electron chi connectivity index (χ3n) is 7.50. The molecular weight excluding hydrogens is 436 g/mol. The van der Waals surface area contributed by atoms with E-state index in [9.17, 15) is 4.79 Å². The van der Waals surface area contributed by atoms with Gasteiger partial charge in [-0.1, -0.05) is 61.7 Å². The lowest BCUT2D eigenvalue weighted by molar-refractivity contribution is 0.245. The highest BCUT2D eigenvalue weighted by molar-refractivity contribution is 7.99. The number of fused-ring (bicyclic) bond motifs is 2. The molecule has 1 saturated carbocycles. The number of hydrogen-bond donors (Lipinski definition) is 1. The van der Waals surface area contributed by atoms with Gasteiger partial charge in [0.25, 0.3) is 0 Å². The first kappa shape index (κ1) is 23.0. The topological polar surface area (TPSA) is 32.3 Å². The summed E-state index contributed by atoms with van der Waals surface area (Å²) in [5, 5.41) is 3.18. The Hall–Kier alpha value is -2.72. The molecule has 0 radical (unpaired) electrons. The van der Waals surface area contributed by atoms with Gasteiger partial charge in [0.1, 0.15) is 0 Å². The summed E-state index contributed by atoms with van der Waals surface area (Å²) >= 11 is 1.84. The van der Waals surface area contributed by atoms with E-state index < -0.39 is 0 Å². The Morgan fingerprint density at radius 1 is 1.00 bits per heavy atom. The summed E-state index contributed by atoms with van der Waals surface area (Å²) in [6, 6.07) is 21.9. The second-order valence-corrected chi connectivity index (χ2v) is 11.2. The predicted molar refractivity (Wildman–Crippen MR) is 144 cm³/mol. The summed E-state index contributed by atoms with van der Waals surface area (Å²) in [5.41, 5.74) is 8.81. The largest absolute Gasteiger partial charge is 0.334 e. The number of hydrogen-bond acceptors (Lipinski definition) is 2. The van der Waals surface area contributed by atoms with Crippen LogP contribution < -0.4 is 10.2 Å². The van der Waals surface area contributed by atoms with Gasteiger partial charge in [0.15, 0.2) is 0 Å². The first-order chi connectivity index (χ1) is 16.5. The van der Waals surface area contributed by atoms with Crippen LogP contribution in [-0.2, 0) is 12.0 Å². The van der Waals surface area contributed by atoms with E-state index in [0.717, 1.165) is 36.4 Å². The van der Waals surface area contributed by atoms with Gasteiger partial charge >= 0.3 is 6.03 Å². The second kappa shape index (κ2) is 9.50. The van der Waals surface area contributed by atoms with Gasteiger partial charge in [-0.05, 0) is 84.5 Å². The van der Waals surface area contributed by atoms with Crippen LogP contribution in [0.4, 0.5) is 10.5 Å². The minimum absolute atomic E-state index is 0.0105. The number of carbonyl (C=O) groups excluding carboxylic acids is 1. The normalized spacial score (nSPS) is 16.1. The molecule has 1 fully saturated rings. The Morgan fingerprint density at radius 2 is 1.76 bits per heavy atom. The SMILES string of the molecule is CCSc1ccc(CNC(=O)N2CC3(CCCC3)c3cc(-c4ccc(C)cc4C)ccc32)cc1. The Labute approximate surface area is 208 Å². The standard InChI is InChI=1S/C30H34N2OS/c1-4-34-25-11-8-23(9-12-25)19-31-29(33)32-20-30(15-5-6-16-30)27-18-24(10-14-28(27)32)26-13-7-21(2)17-22(26)3/h7-14,17-18H,4-6,15-16,19-20H2,1-3H3,(H,31,33). The molecule has 34 heavy (non-hydrogen) atoms. The number of benzene rings is 3. The zero-order valence-corrected chi connectivity index (χ0v) is 21.3. The Bertz CT molecular complexity index is 1190. The first-order valence-electron chi connectivity index (χ1n) is 12.5. The molecule has 4 heteroatoms. The zero-order valence-electron chi connectivity index (χ0n) is 20.5. The van der Waals surface area contributed by atoms with Crippen LogP contribution in [-0.4, -0.2) is 18.3 Å². The van der Waals surface area contributed by atoms with Crippen LogP contribution in [0.1, 0.15) is 54.9 Å². The first-order valence-corrected chi connectivity index (χ1v) is 13.5. The van der Waals surface area contributed by atoms with Gasteiger partial charge < -0.3 is 5.32 Å². The molecule has 0 unspecified atom stereocenters. The van der Waals surface area contributed by atoms with E-state index in [4.69, 9.17) is 0 Å². The van der Waals surface area contributed by atoms with Crippen LogP contribution in [0.5, 0.6) is 0 Å². The maximum absolute atomic E-state index is 13.3. The van der Waals surface area contributed by atoms with Crippen molar-refractivity contribution in [3.8, 4) is 11.1 Å². The van der Waals surface area contributed by atoms with Crippen molar-refractivity contribution >= 4 is 23.5 Å². The van der Waals surface area contributed by atoms with E-state index in [0.29, 0.717) is 6.54 Å². The van der Waals surface area contributed by atoms with Gasteiger partial charge in [-0.2, -0.15) is 0 Å². The third kappa shape index (κ3) is 4.36. The number of rotatable bonds is 5. The molecule has 1 aliphatic heterocycles. The molecule has 176 valence electrons. The van der Waals surface area contributed by atoms with E-state index in [1.54, 1.807) is 0 Å². The number of amides is 2. The number of anilines is 1. The van der Waals surface area contributed by atoms with Crippen molar-refractivity contribution in [3.05, 3.63) is 82.9 Å². The number of nitrogens with zero attached hydrogens (tertiary/aromatic N) is 1. The molecule has 2 aliphatic rings. The smallest absolute Gasteiger partial charge is 0.322 e. The van der Waals surface area contributed by atoms with Crippen LogP contribution in [0.3, 0.4) is 0 Å². The number of nitrogens with one attached hydrogen (secondary N) is 1. The van der Waals surface area contributed by atoms with Crippen LogP contribution in [0.2, 0.25) is 0 Å². The highest BCUT2D eigenvalue weighted by Crippen LogP contribution is 2.51. The minimum Gasteiger partial charge on any atom is -0.334 e. The molecule has 0 atom stereocenters. The van der Waals surface area contributed by atoms with Gasteiger partial charge in [0.05, 0.1) is 0 Å². The Balaban J connectivity index is 1.39. The fourth-order valence-electron chi connectivity index (χ4n) is 5.78. The van der Waals surface area contributed by atoms with Crippen LogP contribution in [0.15, 0.2) is 65.6 Å². The van der Waals surface area contributed by atoms with E-state index in [-0.39, 0.29) is 11.4 Å². The maximum Gasteiger partial charge on any atom is 0.322 e. The van der Waals surface area contributed by atoms with E-state index >= 15 is 0 Å². The molecular formula is C30H34N2OS. The summed E-state index contributed by atoms with van der Waals surface area (Å²) in [6.07, 6.45) is 4.81. The summed E-state index contributed by atoms with van der Waals surface area (Å²) in [4.78, 5) is 16.6. The summed E-state index contributed by atoms with van der Waals surface area (Å²) in [7, 11) is 0. The summed E-state index contributed by atoms with van der Waals surface area (Å²) in [6.45, 7) is 7.83. The lowest BCUT2D eigenvalue weighted by Crippen LogP contribution is -2.41. The van der Waals surface area contributed by atoms with Gasteiger partial charge in [0.2, 0.25) is 0 Å². The Morgan fingerprint density at radius 3 is 2.47 bits per heavy atom. The Kier molecular flexibility index (Phi) is 6.44. The average Bonchev–Trinajstić information content (AvgIpc) is 3.44. The number of carbonyl (C=O) groups is 1. The quantitative estimate of drug-likeness (QED) is 0.389. The molecule has 0 bridgehead atoms. The number of aryl methyl sites for hydroxylation is 2. The highest BCUT2D eigenvalue weighted by atomic mass is 32.2. The van der Waals surface area contributed by atoms with Gasteiger partial charge in [-0.25, -0.2) is 4.79 Å². The third-order valence-corrected chi connectivity index (χ3v) is 8.39. The summed E-state index contributed by atoms with van der Waals surface area (Å²) < 4.78 is 0. The molecule has 1 spiro atoms. The van der Waals surface area contributed by atoms with Crippen LogP contribution in [0.25, 0.3) is 11.1 Å². The van der Waals surface area contributed by atoms with Crippen molar-refractivity contribution in [1.29, 1.82) is 0 Å². The van der Waals surface area contributed by atoms with E-state index in [1.165, 1.54) is 45.6 Å². The monoisotopic (exact) mass is 470 g/mol. The van der Waals surface area contributed by atoms with E-state index in [1.807, 2.05) is 16.7 Å². The van der Waals surface area contributed by atoms with Crippen molar-refractivity contribution in [2.75, 3.05) is 17.2 Å². The molecule has 2 amide bonds. The molecule has 1 heterocycles.